The molecule has 1 aliphatic rings. The van der Waals surface area contributed by atoms with Gasteiger partial charge in [-0.1, -0.05) is 23.7 Å². The predicted molar refractivity (Wildman–Crippen MR) is 171 cm³/mol. The summed E-state index contributed by atoms with van der Waals surface area (Å²) in [4.78, 5) is 12.9. The fourth-order valence-corrected chi connectivity index (χ4v) is 5.57. The molecule has 0 bridgehead atoms. The maximum Gasteiger partial charge on any atom is 0.137 e. The second-order valence-electron chi connectivity index (χ2n) is 10.9. The highest BCUT2D eigenvalue weighted by molar-refractivity contribution is 6.30. The number of ether oxygens (including phenoxy) is 1. The topological polar surface area (TPSA) is 79.0 Å². The SMILES string of the molecule is OC(CN1CCN(c2ccc(N=Cc3ccc(Oc4cccc(Cl)c4)cc3)cc2)CC1)(Cn1cncn1)c1ccc(F)cc1F. The Morgan fingerprint density at radius 3 is 2.36 bits per heavy atom. The van der Waals surface area contributed by atoms with E-state index in [0.717, 1.165) is 42.2 Å². The molecule has 11 heteroatoms. The van der Waals surface area contributed by atoms with Crippen LogP contribution in [0.25, 0.3) is 0 Å². The summed E-state index contributed by atoms with van der Waals surface area (Å²) in [6, 6.07) is 26.2. The number of nitrogens with zero attached hydrogens (tertiary/aromatic N) is 6. The summed E-state index contributed by atoms with van der Waals surface area (Å²) in [6.45, 7) is 2.89. The molecule has 1 aromatic heterocycles. The largest absolute Gasteiger partial charge is 0.457 e. The molecule has 0 aliphatic carbocycles. The van der Waals surface area contributed by atoms with E-state index in [1.54, 1.807) is 18.3 Å². The molecule has 0 radical (unpaired) electrons. The number of anilines is 1. The number of hydrogen-bond donors (Lipinski definition) is 1. The molecule has 6 rings (SSSR count). The van der Waals surface area contributed by atoms with E-state index < -0.39 is 17.2 Å². The van der Waals surface area contributed by atoms with Crippen molar-refractivity contribution >= 4 is 29.2 Å². The summed E-state index contributed by atoms with van der Waals surface area (Å²) in [5, 5.41) is 16.4. The van der Waals surface area contributed by atoms with Crippen LogP contribution in [0, 0.1) is 11.6 Å². The van der Waals surface area contributed by atoms with Crippen LogP contribution in [0.2, 0.25) is 5.02 Å². The van der Waals surface area contributed by atoms with Crippen molar-refractivity contribution in [3.63, 3.8) is 0 Å². The first-order chi connectivity index (χ1) is 21.8. The third-order valence-electron chi connectivity index (χ3n) is 7.67. The van der Waals surface area contributed by atoms with Crippen molar-refractivity contribution in [3.8, 4) is 11.5 Å². The molecule has 0 spiro atoms. The molecule has 230 valence electrons. The molecule has 2 heterocycles. The Kier molecular flexibility index (Phi) is 9.16. The summed E-state index contributed by atoms with van der Waals surface area (Å²) in [6.07, 6.45) is 4.63. The number of benzene rings is 4. The minimum Gasteiger partial charge on any atom is -0.457 e. The highest BCUT2D eigenvalue weighted by Gasteiger charge is 2.36. The molecule has 8 nitrogen and oxygen atoms in total. The van der Waals surface area contributed by atoms with Gasteiger partial charge in [0.05, 0.1) is 12.2 Å². The molecule has 0 saturated carbocycles. The van der Waals surface area contributed by atoms with E-state index >= 15 is 0 Å². The van der Waals surface area contributed by atoms with Crippen molar-refractivity contribution in [2.24, 2.45) is 4.99 Å². The van der Waals surface area contributed by atoms with Crippen LogP contribution in [-0.4, -0.2) is 63.7 Å². The summed E-state index contributed by atoms with van der Waals surface area (Å²) >= 11 is 6.03. The predicted octanol–water partition coefficient (Wildman–Crippen LogP) is 6.46. The van der Waals surface area contributed by atoms with E-state index in [9.17, 15) is 13.9 Å². The highest BCUT2D eigenvalue weighted by Crippen LogP contribution is 2.29. The van der Waals surface area contributed by atoms with Gasteiger partial charge in [-0.05, 0) is 78.4 Å². The molecule has 1 N–H and O–H groups in total. The monoisotopic (exact) mass is 628 g/mol. The Morgan fingerprint density at radius 1 is 0.889 bits per heavy atom. The normalized spacial score (nSPS) is 15.3. The summed E-state index contributed by atoms with van der Waals surface area (Å²) in [5.74, 6) is -0.102. The Balaban J connectivity index is 1.04. The minimum absolute atomic E-state index is 0.0152. The molecular formula is C34H31ClF2N6O2. The van der Waals surface area contributed by atoms with Gasteiger partial charge >= 0.3 is 0 Å². The molecule has 45 heavy (non-hydrogen) atoms. The maximum absolute atomic E-state index is 14.8. The van der Waals surface area contributed by atoms with Gasteiger partial charge in [0.25, 0.3) is 0 Å². The zero-order valence-electron chi connectivity index (χ0n) is 24.3. The quantitative estimate of drug-likeness (QED) is 0.179. The third-order valence-corrected chi connectivity index (χ3v) is 7.90. The van der Waals surface area contributed by atoms with Crippen LogP contribution in [0.4, 0.5) is 20.2 Å². The summed E-state index contributed by atoms with van der Waals surface area (Å²) < 4.78 is 35.7. The van der Waals surface area contributed by atoms with Crippen molar-refractivity contribution in [1.82, 2.24) is 19.7 Å². The van der Waals surface area contributed by atoms with Crippen LogP contribution in [0.1, 0.15) is 11.1 Å². The molecule has 4 aromatic carbocycles. The van der Waals surface area contributed by atoms with Gasteiger partial charge in [0, 0.05) is 61.3 Å². The highest BCUT2D eigenvalue weighted by atomic mass is 35.5. The fourth-order valence-electron chi connectivity index (χ4n) is 5.39. The Bertz CT molecular complexity index is 1740. The third kappa shape index (κ3) is 7.72. The molecular weight excluding hydrogens is 598 g/mol. The second kappa shape index (κ2) is 13.6. The number of aromatic nitrogens is 3. The van der Waals surface area contributed by atoms with E-state index in [4.69, 9.17) is 16.3 Å². The minimum atomic E-state index is -1.63. The lowest BCUT2D eigenvalue weighted by Gasteiger charge is -2.40. The van der Waals surface area contributed by atoms with Crippen molar-refractivity contribution in [2.75, 3.05) is 37.6 Å². The molecule has 1 atom stereocenters. The number of halogens is 3. The first kappa shape index (κ1) is 30.4. The molecule has 1 fully saturated rings. The number of rotatable bonds is 10. The van der Waals surface area contributed by atoms with Crippen LogP contribution in [0.5, 0.6) is 11.5 Å². The van der Waals surface area contributed by atoms with E-state index in [1.807, 2.05) is 60.7 Å². The zero-order valence-corrected chi connectivity index (χ0v) is 25.1. The van der Waals surface area contributed by atoms with E-state index in [1.165, 1.54) is 23.4 Å². The maximum atomic E-state index is 14.8. The van der Waals surface area contributed by atoms with Gasteiger partial charge in [0.1, 0.15) is 41.4 Å². The smallest absolute Gasteiger partial charge is 0.137 e. The lowest BCUT2D eigenvalue weighted by molar-refractivity contribution is -0.0227. The van der Waals surface area contributed by atoms with Crippen LogP contribution < -0.4 is 9.64 Å². The van der Waals surface area contributed by atoms with Gasteiger partial charge in [-0.3, -0.25) is 9.89 Å². The van der Waals surface area contributed by atoms with Crippen LogP contribution in [-0.2, 0) is 12.1 Å². The number of hydrogen-bond acceptors (Lipinski definition) is 7. The van der Waals surface area contributed by atoms with Gasteiger partial charge in [0.15, 0.2) is 0 Å². The van der Waals surface area contributed by atoms with Crippen LogP contribution in [0.3, 0.4) is 0 Å². The molecule has 1 aliphatic heterocycles. The Morgan fingerprint density at radius 2 is 1.67 bits per heavy atom. The lowest BCUT2D eigenvalue weighted by Crippen LogP contribution is -2.52. The van der Waals surface area contributed by atoms with Crippen molar-refractivity contribution in [1.29, 1.82) is 0 Å². The molecule has 0 amide bonds. The first-order valence-corrected chi connectivity index (χ1v) is 14.9. The summed E-state index contributed by atoms with van der Waals surface area (Å²) in [7, 11) is 0. The average Bonchev–Trinajstić information content (AvgIpc) is 3.54. The van der Waals surface area contributed by atoms with Gasteiger partial charge < -0.3 is 14.7 Å². The molecule has 1 unspecified atom stereocenters. The molecule has 5 aromatic rings. The van der Waals surface area contributed by atoms with E-state index in [0.29, 0.717) is 29.6 Å². The van der Waals surface area contributed by atoms with Crippen LogP contribution in [0.15, 0.2) is 109 Å². The van der Waals surface area contributed by atoms with Gasteiger partial charge in [-0.2, -0.15) is 5.10 Å². The van der Waals surface area contributed by atoms with E-state index in [2.05, 4.69) is 24.9 Å². The fraction of sp³-hybridized carbons (Fsp3) is 0.206. The lowest BCUT2D eigenvalue weighted by atomic mass is 9.92. The van der Waals surface area contributed by atoms with Crippen molar-refractivity contribution in [2.45, 2.75) is 12.1 Å². The standard InChI is InChI=1S/C34H31ClF2N6O2/c35-26-2-1-3-31(18-26)45-30-11-4-25(5-12-30)20-39-28-7-9-29(10-8-28)42-16-14-41(15-17-42)21-34(44,22-43-24-38-23-40-43)32-13-6-27(36)19-33(32)37/h1-13,18-20,23-24,44H,14-17,21-22H2. The van der Waals surface area contributed by atoms with Crippen molar-refractivity contribution < 1.29 is 18.6 Å². The Hall–Kier alpha value is -4.64. The van der Waals surface area contributed by atoms with Gasteiger partial charge in [-0.25, -0.2) is 18.4 Å². The average molecular weight is 629 g/mol. The van der Waals surface area contributed by atoms with Gasteiger partial charge in [0.2, 0.25) is 0 Å². The zero-order chi connectivity index (χ0) is 31.2. The number of β-amino-alcohol motifs (C(OH)–C–C–N with tert-alkyl or cyclic N) is 1. The molecule has 1 saturated heterocycles. The van der Waals surface area contributed by atoms with Gasteiger partial charge in [-0.15, -0.1) is 0 Å². The van der Waals surface area contributed by atoms with Crippen molar-refractivity contribution in [3.05, 3.63) is 131 Å². The van der Waals surface area contributed by atoms with E-state index in [-0.39, 0.29) is 18.7 Å². The number of piperazine rings is 1. The first-order valence-electron chi connectivity index (χ1n) is 14.5. The number of aliphatic imine (C=N–C) groups is 1. The summed E-state index contributed by atoms with van der Waals surface area (Å²) in [5.41, 5.74) is 1.24. The number of aliphatic hydroxyl groups is 1. The second-order valence-corrected chi connectivity index (χ2v) is 11.4. The van der Waals surface area contributed by atoms with Crippen LogP contribution >= 0.6 is 11.6 Å². The Labute approximate surface area is 264 Å².